The van der Waals surface area contributed by atoms with E-state index in [-0.39, 0.29) is 11.8 Å². The van der Waals surface area contributed by atoms with Gasteiger partial charge in [-0.1, -0.05) is 25.4 Å². The summed E-state index contributed by atoms with van der Waals surface area (Å²) in [6.45, 7) is 4.68. The monoisotopic (exact) mass is 243 g/mol. The van der Waals surface area contributed by atoms with Crippen LogP contribution >= 0.6 is 11.6 Å². The predicted octanol–water partition coefficient (Wildman–Crippen LogP) is 2.86. The molecule has 0 saturated heterocycles. The van der Waals surface area contributed by atoms with Gasteiger partial charge in [0.1, 0.15) is 5.82 Å². The third-order valence-corrected chi connectivity index (χ3v) is 2.15. The van der Waals surface area contributed by atoms with E-state index in [0.717, 1.165) is 0 Å². The Balaban J connectivity index is 2.72. The molecule has 0 fully saturated rings. The van der Waals surface area contributed by atoms with Crippen LogP contribution in [0.3, 0.4) is 0 Å². The minimum atomic E-state index is -0.372. The van der Waals surface area contributed by atoms with Crippen LogP contribution in [-0.4, -0.2) is 12.5 Å². The summed E-state index contributed by atoms with van der Waals surface area (Å²) in [6, 6.07) is 4.03. The zero-order chi connectivity index (χ0) is 12.1. The minimum Gasteiger partial charge on any atom is -0.370 e. The van der Waals surface area contributed by atoms with Gasteiger partial charge in [-0.15, -0.1) is 0 Å². The molecule has 0 aliphatic rings. The molecule has 1 aromatic rings. The van der Waals surface area contributed by atoms with E-state index < -0.39 is 0 Å². The van der Waals surface area contributed by atoms with Gasteiger partial charge in [-0.2, -0.15) is 0 Å². The SMILES string of the molecule is CC(C)CN=C(N)Nc1cc(F)ccc1Cl. The van der Waals surface area contributed by atoms with Crippen molar-refractivity contribution in [1.82, 2.24) is 0 Å². The van der Waals surface area contributed by atoms with E-state index in [0.29, 0.717) is 23.2 Å². The Labute approximate surface area is 99.5 Å². The second-order valence-corrected chi connectivity index (χ2v) is 4.28. The Hall–Kier alpha value is -1.29. The Bertz CT molecular complexity index is 391. The lowest BCUT2D eigenvalue weighted by molar-refractivity contribution is 0.628. The summed E-state index contributed by atoms with van der Waals surface area (Å²) >= 11 is 5.86. The summed E-state index contributed by atoms with van der Waals surface area (Å²) in [6.07, 6.45) is 0. The van der Waals surface area contributed by atoms with Gasteiger partial charge in [-0.05, 0) is 24.1 Å². The lowest BCUT2D eigenvalue weighted by Crippen LogP contribution is -2.23. The van der Waals surface area contributed by atoms with E-state index in [2.05, 4.69) is 10.3 Å². The molecule has 0 heterocycles. The fourth-order valence-corrected chi connectivity index (χ4v) is 1.22. The fourth-order valence-electron chi connectivity index (χ4n) is 1.05. The zero-order valence-corrected chi connectivity index (χ0v) is 10.1. The Kier molecular flexibility index (Phi) is 4.55. The average Bonchev–Trinajstić information content (AvgIpc) is 2.20. The first kappa shape index (κ1) is 12.8. The third kappa shape index (κ3) is 4.06. The van der Waals surface area contributed by atoms with E-state index in [9.17, 15) is 4.39 Å². The van der Waals surface area contributed by atoms with Gasteiger partial charge < -0.3 is 11.1 Å². The molecule has 0 amide bonds. The number of nitrogens with zero attached hydrogens (tertiary/aromatic N) is 1. The smallest absolute Gasteiger partial charge is 0.193 e. The van der Waals surface area contributed by atoms with E-state index in [1.54, 1.807) is 0 Å². The summed E-state index contributed by atoms with van der Waals surface area (Å²) in [4.78, 5) is 4.09. The van der Waals surface area contributed by atoms with Gasteiger partial charge in [0.2, 0.25) is 0 Å². The summed E-state index contributed by atoms with van der Waals surface area (Å²) < 4.78 is 12.9. The molecule has 16 heavy (non-hydrogen) atoms. The normalized spacial score (nSPS) is 11.9. The van der Waals surface area contributed by atoms with Crippen molar-refractivity contribution in [2.24, 2.45) is 16.6 Å². The number of guanidine groups is 1. The topological polar surface area (TPSA) is 50.4 Å². The van der Waals surface area contributed by atoms with Gasteiger partial charge in [-0.25, -0.2) is 4.39 Å². The summed E-state index contributed by atoms with van der Waals surface area (Å²) in [5.41, 5.74) is 6.05. The first-order valence-corrected chi connectivity index (χ1v) is 5.39. The fraction of sp³-hybridized carbons (Fsp3) is 0.364. The lowest BCUT2D eigenvalue weighted by Gasteiger charge is -2.08. The van der Waals surface area contributed by atoms with Crippen molar-refractivity contribution >= 4 is 23.2 Å². The van der Waals surface area contributed by atoms with Crippen molar-refractivity contribution in [3.05, 3.63) is 29.0 Å². The van der Waals surface area contributed by atoms with Gasteiger partial charge in [-0.3, -0.25) is 4.99 Å². The number of nitrogens with one attached hydrogen (secondary N) is 1. The molecular weight excluding hydrogens is 229 g/mol. The quantitative estimate of drug-likeness (QED) is 0.634. The maximum absolute atomic E-state index is 12.9. The van der Waals surface area contributed by atoms with Gasteiger partial charge in [0.15, 0.2) is 5.96 Å². The van der Waals surface area contributed by atoms with Crippen LogP contribution in [0.2, 0.25) is 5.02 Å². The number of aliphatic imine (C=N–C) groups is 1. The Morgan fingerprint density at radius 1 is 1.56 bits per heavy atom. The second-order valence-electron chi connectivity index (χ2n) is 3.87. The van der Waals surface area contributed by atoms with Crippen LogP contribution < -0.4 is 11.1 Å². The first-order valence-electron chi connectivity index (χ1n) is 5.01. The lowest BCUT2D eigenvalue weighted by atomic mass is 10.2. The largest absolute Gasteiger partial charge is 0.370 e. The van der Waals surface area contributed by atoms with Crippen LogP contribution in [0.5, 0.6) is 0 Å². The molecule has 5 heteroatoms. The predicted molar refractivity (Wildman–Crippen MR) is 66.4 cm³/mol. The molecule has 3 nitrogen and oxygen atoms in total. The molecule has 0 saturated carbocycles. The Morgan fingerprint density at radius 2 is 2.25 bits per heavy atom. The third-order valence-electron chi connectivity index (χ3n) is 1.82. The molecule has 3 N–H and O–H groups in total. The van der Waals surface area contributed by atoms with Gasteiger partial charge in [0, 0.05) is 6.54 Å². The van der Waals surface area contributed by atoms with Crippen molar-refractivity contribution in [3.8, 4) is 0 Å². The van der Waals surface area contributed by atoms with Crippen molar-refractivity contribution in [1.29, 1.82) is 0 Å². The molecule has 0 unspecified atom stereocenters. The molecule has 0 aliphatic carbocycles. The summed E-state index contributed by atoms with van der Waals surface area (Å²) in [7, 11) is 0. The highest BCUT2D eigenvalue weighted by atomic mass is 35.5. The standard InChI is InChI=1S/C11H15ClFN3/c1-7(2)6-15-11(14)16-10-5-8(13)3-4-9(10)12/h3-5,7H,6H2,1-2H3,(H3,14,15,16). The van der Waals surface area contributed by atoms with Crippen LogP contribution in [0, 0.1) is 11.7 Å². The molecule has 0 spiro atoms. The van der Waals surface area contributed by atoms with Crippen LogP contribution in [0.25, 0.3) is 0 Å². The van der Waals surface area contributed by atoms with Crippen LogP contribution in [0.1, 0.15) is 13.8 Å². The van der Waals surface area contributed by atoms with Crippen LogP contribution in [-0.2, 0) is 0 Å². The second kappa shape index (κ2) is 5.70. The highest BCUT2D eigenvalue weighted by Gasteiger charge is 2.03. The van der Waals surface area contributed by atoms with Crippen LogP contribution in [0.4, 0.5) is 10.1 Å². The summed E-state index contributed by atoms with van der Waals surface area (Å²) in [5, 5.41) is 3.17. The minimum absolute atomic E-state index is 0.237. The molecule has 0 aromatic heterocycles. The molecule has 1 aromatic carbocycles. The maximum Gasteiger partial charge on any atom is 0.193 e. The number of halogens is 2. The van der Waals surface area contributed by atoms with E-state index >= 15 is 0 Å². The van der Waals surface area contributed by atoms with Crippen molar-refractivity contribution in [3.63, 3.8) is 0 Å². The highest BCUT2D eigenvalue weighted by molar-refractivity contribution is 6.33. The maximum atomic E-state index is 12.9. The van der Waals surface area contributed by atoms with Crippen molar-refractivity contribution < 1.29 is 4.39 Å². The van der Waals surface area contributed by atoms with Crippen molar-refractivity contribution in [2.75, 3.05) is 11.9 Å². The molecule has 1 rings (SSSR count). The number of anilines is 1. The number of nitrogens with two attached hydrogens (primary N) is 1. The van der Waals surface area contributed by atoms with E-state index in [4.69, 9.17) is 17.3 Å². The number of benzene rings is 1. The zero-order valence-electron chi connectivity index (χ0n) is 9.30. The molecular formula is C11H15ClFN3. The molecule has 0 radical (unpaired) electrons. The van der Waals surface area contributed by atoms with Gasteiger partial charge in [0.25, 0.3) is 0 Å². The van der Waals surface area contributed by atoms with E-state index in [1.165, 1.54) is 18.2 Å². The summed E-state index contributed by atoms with van der Waals surface area (Å²) in [5.74, 6) is 0.285. The molecule has 0 atom stereocenters. The Morgan fingerprint density at radius 3 is 2.88 bits per heavy atom. The van der Waals surface area contributed by atoms with Gasteiger partial charge in [0.05, 0.1) is 10.7 Å². The first-order chi connectivity index (χ1) is 7.49. The number of hydrogen-bond acceptors (Lipinski definition) is 1. The molecule has 88 valence electrons. The van der Waals surface area contributed by atoms with Gasteiger partial charge >= 0.3 is 0 Å². The highest BCUT2D eigenvalue weighted by Crippen LogP contribution is 2.21. The average molecular weight is 244 g/mol. The molecule has 0 aliphatic heterocycles. The number of hydrogen-bond donors (Lipinski definition) is 2. The number of rotatable bonds is 3. The van der Waals surface area contributed by atoms with Crippen molar-refractivity contribution in [2.45, 2.75) is 13.8 Å². The van der Waals surface area contributed by atoms with Crippen LogP contribution in [0.15, 0.2) is 23.2 Å². The van der Waals surface area contributed by atoms with E-state index in [1.807, 2.05) is 13.8 Å². The molecule has 0 bridgehead atoms.